The van der Waals surface area contributed by atoms with E-state index in [0.29, 0.717) is 6.04 Å². The summed E-state index contributed by atoms with van der Waals surface area (Å²) in [7, 11) is 1.69. The van der Waals surface area contributed by atoms with Gasteiger partial charge in [-0.3, -0.25) is 4.90 Å². The molecule has 0 spiro atoms. The molecule has 0 aliphatic carbocycles. The first-order valence-electron chi connectivity index (χ1n) is 5.92. The maximum atomic E-state index is 9.31. The predicted octanol–water partition coefficient (Wildman–Crippen LogP) is 2.41. The minimum Gasteiger partial charge on any atom is -0.496 e. The van der Waals surface area contributed by atoms with Crippen LogP contribution in [0, 0.1) is 0 Å². The topological polar surface area (TPSA) is 32.7 Å². The van der Waals surface area contributed by atoms with E-state index in [1.165, 1.54) is 12.0 Å². The van der Waals surface area contributed by atoms with Crippen molar-refractivity contribution in [3.05, 3.63) is 28.2 Å². The Kier molecular flexibility index (Phi) is 4.42. The van der Waals surface area contributed by atoms with Gasteiger partial charge < -0.3 is 9.84 Å². The van der Waals surface area contributed by atoms with Crippen molar-refractivity contribution in [3.63, 3.8) is 0 Å². The van der Waals surface area contributed by atoms with Gasteiger partial charge in [0, 0.05) is 22.6 Å². The van der Waals surface area contributed by atoms with Gasteiger partial charge in [0.15, 0.2) is 0 Å². The second-order valence-corrected chi connectivity index (χ2v) is 5.32. The molecule has 3 nitrogen and oxygen atoms in total. The van der Waals surface area contributed by atoms with Crippen molar-refractivity contribution in [1.82, 2.24) is 4.90 Å². The molecule has 1 N–H and O–H groups in total. The van der Waals surface area contributed by atoms with Gasteiger partial charge in [-0.25, -0.2) is 0 Å². The number of rotatable bonds is 4. The number of aliphatic hydroxyl groups is 1. The molecule has 1 aliphatic heterocycles. The number of nitrogens with zero attached hydrogens (tertiary/aromatic N) is 1. The highest BCUT2D eigenvalue weighted by Gasteiger charge is 2.24. The number of methoxy groups -OCH3 is 1. The zero-order valence-corrected chi connectivity index (χ0v) is 11.6. The summed E-state index contributed by atoms with van der Waals surface area (Å²) in [5.41, 5.74) is 1.17. The molecule has 0 saturated carbocycles. The molecule has 94 valence electrons. The van der Waals surface area contributed by atoms with Crippen LogP contribution >= 0.6 is 15.9 Å². The first kappa shape index (κ1) is 12.9. The quantitative estimate of drug-likeness (QED) is 0.927. The monoisotopic (exact) mass is 299 g/mol. The molecule has 1 aliphatic rings. The largest absolute Gasteiger partial charge is 0.496 e. The van der Waals surface area contributed by atoms with Crippen LogP contribution in [0.1, 0.15) is 18.4 Å². The highest BCUT2D eigenvalue weighted by molar-refractivity contribution is 9.10. The Morgan fingerprint density at radius 3 is 3.06 bits per heavy atom. The smallest absolute Gasteiger partial charge is 0.123 e. The molecule has 2 rings (SSSR count). The van der Waals surface area contributed by atoms with Crippen molar-refractivity contribution < 1.29 is 9.84 Å². The third-order valence-electron chi connectivity index (χ3n) is 3.33. The fourth-order valence-corrected chi connectivity index (χ4v) is 2.81. The third-order valence-corrected chi connectivity index (χ3v) is 3.82. The predicted molar refractivity (Wildman–Crippen MR) is 71.2 cm³/mol. The number of likely N-dealkylation sites (tertiary alicyclic amines) is 1. The summed E-state index contributed by atoms with van der Waals surface area (Å²) < 4.78 is 6.43. The molecular weight excluding hydrogens is 282 g/mol. The molecule has 0 aromatic heterocycles. The van der Waals surface area contributed by atoms with Gasteiger partial charge in [0.25, 0.3) is 0 Å². The van der Waals surface area contributed by atoms with Crippen molar-refractivity contribution in [2.24, 2.45) is 0 Å². The van der Waals surface area contributed by atoms with Crippen molar-refractivity contribution in [1.29, 1.82) is 0 Å². The molecule has 1 heterocycles. The summed E-state index contributed by atoms with van der Waals surface area (Å²) >= 11 is 3.48. The van der Waals surface area contributed by atoms with E-state index in [1.807, 2.05) is 12.1 Å². The minimum absolute atomic E-state index is 0.246. The minimum atomic E-state index is 0.246. The van der Waals surface area contributed by atoms with Gasteiger partial charge in [-0.2, -0.15) is 0 Å². The van der Waals surface area contributed by atoms with E-state index in [-0.39, 0.29) is 6.61 Å². The zero-order valence-electron chi connectivity index (χ0n) is 10.0. The van der Waals surface area contributed by atoms with Gasteiger partial charge in [-0.15, -0.1) is 0 Å². The third kappa shape index (κ3) is 3.00. The van der Waals surface area contributed by atoms with Crippen molar-refractivity contribution >= 4 is 15.9 Å². The van der Waals surface area contributed by atoms with Crippen molar-refractivity contribution in [2.45, 2.75) is 25.4 Å². The summed E-state index contributed by atoms with van der Waals surface area (Å²) in [6.45, 7) is 2.14. The normalized spacial score (nSPS) is 20.8. The molecule has 1 saturated heterocycles. The van der Waals surface area contributed by atoms with Crippen LogP contribution in [0.15, 0.2) is 22.7 Å². The Morgan fingerprint density at radius 2 is 2.35 bits per heavy atom. The van der Waals surface area contributed by atoms with E-state index in [9.17, 15) is 5.11 Å². The maximum Gasteiger partial charge on any atom is 0.123 e. The maximum absolute atomic E-state index is 9.31. The highest BCUT2D eigenvalue weighted by Crippen LogP contribution is 2.27. The SMILES string of the molecule is COc1ccc(Br)cc1CN1CCC[C@H]1CO. The molecule has 4 heteroatoms. The van der Waals surface area contributed by atoms with E-state index in [0.717, 1.165) is 29.7 Å². The number of hydrogen-bond acceptors (Lipinski definition) is 3. The molecule has 1 fully saturated rings. The van der Waals surface area contributed by atoms with Crippen LogP contribution in [0.25, 0.3) is 0 Å². The molecular formula is C13H18BrNO2. The van der Waals surface area contributed by atoms with Crippen LogP contribution in [0.4, 0.5) is 0 Å². The first-order chi connectivity index (χ1) is 8.24. The molecule has 0 unspecified atom stereocenters. The molecule has 1 aromatic carbocycles. The van der Waals surface area contributed by atoms with Gasteiger partial charge in [0.2, 0.25) is 0 Å². The molecule has 1 atom stereocenters. The lowest BCUT2D eigenvalue weighted by Crippen LogP contribution is -2.31. The van der Waals surface area contributed by atoms with E-state index in [2.05, 4.69) is 26.9 Å². The average molecular weight is 300 g/mol. The second kappa shape index (κ2) is 5.85. The van der Waals surface area contributed by atoms with Crippen molar-refractivity contribution in [3.8, 4) is 5.75 Å². The Bertz CT molecular complexity index is 384. The molecule has 1 aromatic rings. The van der Waals surface area contributed by atoms with Gasteiger partial charge in [-0.05, 0) is 37.6 Å². The van der Waals surface area contributed by atoms with Gasteiger partial charge >= 0.3 is 0 Å². The molecule has 17 heavy (non-hydrogen) atoms. The van der Waals surface area contributed by atoms with Crippen LogP contribution < -0.4 is 4.74 Å². The van der Waals surface area contributed by atoms with E-state index >= 15 is 0 Å². The van der Waals surface area contributed by atoms with Gasteiger partial charge in [0.1, 0.15) is 5.75 Å². The number of halogens is 1. The van der Waals surface area contributed by atoms with Crippen LogP contribution in [-0.4, -0.2) is 36.3 Å². The zero-order chi connectivity index (χ0) is 12.3. The number of ether oxygens (including phenoxy) is 1. The summed E-state index contributed by atoms with van der Waals surface area (Å²) in [5.74, 6) is 0.914. The summed E-state index contributed by atoms with van der Waals surface area (Å²) in [5, 5.41) is 9.31. The second-order valence-electron chi connectivity index (χ2n) is 4.41. The Morgan fingerprint density at radius 1 is 1.53 bits per heavy atom. The average Bonchev–Trinajstić information content (AvgIpc) is 2.77. The van der Waals surface area contributed by atoms with E-state index in [1.54, 1.807) is 7.11 Å². The lowest BCUT2D eigenvalue weighted by atomic mass is 10.1. The van der Waals surface area contributed by atoms with Crippen molar-refractivity contribution in [2.75, 3.05) is 20.3 Å². The highest BCUT2D eigenvalue weighted by atomic mass is 79.9. The lowest BCUT2D eigenvalue weighted by molar-refractivity contribution is 0.152. The van der Waals surface area contributed by atoms with Gasteiger partial charge in [-0.1, -0.05) is 15.9 Å². The molecule has 0 bridgehead atoms. The summed E-state index contributed by atoms with van der Waals surface area (Å²) in [6.07, 6.45) is 2.26. The Hall–Kier alpha value is -0.580. The van der Waals surface area contributed by atoms with Crippen LogP contribution in [0.2, 0.25) is 0 Å². The molecule has 0 amide bonds. The Balaban J connectivity index is 2.14. The fraction of sp³-hybridized carbons (Fsp3) is 0.538. The summed E-state index contributed by atoms with van der Waals surface area (Å²) in [6, 6.07) is 6.35. The number of benzene rings is 1. The van der Waals surface area contributed by atoms with E-state index < -0.39 is 0 Å². The van der Waals surface area contributed by atoms with Gasteiger partial charge in [0.05, 0.1) is 13.7 Å². The lowest BCUT2D eigenvalue weighted by Gasteiger charge is -2.23. The summed E-state index contributed by atoms with van der Waals surface area (Å²) in [4.78, 5) is 2.32. The Labute approximate surface area is 111 Å². The molecule has 0 radical (unpaired) electrons. The van der Waals surface area contributed by atoms with Crippen LogP contribution in [0.5, 0.6) is 5.75 Å². The first-order valence-corrected chi connectivity index (χ1v) is 6.71. The van der Waals surface area contributed by atoms with Crippen LogP contribution in [-0.2, 0) is 6.54 Å². The fourth-order valence-electron chi connectivity index (χ4n) is 2.40. The van der Waals surface area contributed by atoms with Crippen LogP contribution in [0.3, 0.4) is 0 Å². The number of aliphatic hydroxyl groups excluding tert-OH is 1. The van der Waals surface area contributed by atoms with E-state index in [4.69, 9.17) is 4.74 Å². The standard InChI is InChI=1S/C13H18BrNO2/c1-17-13-5-4-11(14)7-10(13)8-15-6-2-3-12(15)9-16/h4-5,7,12,16H,2-3,6,8-9H2,1H3/t12-/m0/s1. The number of hydrogen-bond donors (Lipinski definition) is 1.